The number of thioether (sulfide) groups is 1. The zero-order valence-corrected chi connectivity index (χ0v) is 10.6. The summed E-state index contributed by atoms with van der Waals surface area (Å²) in [5.41, 5.74) is 4.69. The maximum atomic E-state index is 9.32. The van der Waals surface area contributed by atoms with E-state index in [-0.39, 0.29) is 0 Å². The summed E-state index contributed by atoms with van der Waals surface area (Å²) >= 11 is 1.63. The fraction of sp³-hybridized carbons (Fsp3) is 0.0625. The Balaban J connectivity index is 2.26. The highest BCUT2D eigenvalue weighted by molar-refractivity contribution is 8.02. The molecule has 2 heteroatoms. The van der Waals surface area contributed by atoms with Crippen molar-refractivity contribution in [1.82, 2.24) is 0 Å². The smallest absolute Gasteiger partial charge is 0.107 e. The Labute approximate surface area is 111 Å². The minimum Gasteiger partial charge on any atom is -0.192 e. The molecular weight excluding hydrogens is 238 g/mol. The molecule has 2 aromatic carbocycles. The fourth-order valence-corrected chi connectivity index (χ4v) is 3.20. The lowest BCUT2D eigenvalue weighted by Crippen LogP contribution is -2.01. The standard InChI is InChI=1S/C16H11NS/c17-10-15-16(12-6-2-1-3-7-12)14-9-5-4-8-13(14)11-18-15/h1-9H,11H2. The second-order valence-corrected chi connectivity index (χ2v) is 5.11. The number of allylic oxidation sites excluding steroid dienone is 1. The Morgan fingerprint density at radius 3 is 2.44 bits per heavy atom. The highest BCUT2D eigenvalue weighted by Crippen LogP contribution is 2.40. The summed E-state index contributed by atoms with van der Waals surface area (Å²) in [4.78, 5) is 0.819. The van der Waals surface area contributed by atoms with E-state index in [4.69, 9.17) is 0 Å². The van der Waals surface area contributed by atoms with Crippen molar-refractivity contribution < 1.29 is 0 Å². The van der Waals surface area contributed by atoms with Crippen molar-refractivity contribution in [3.63, 3.8) is 0 Å². The molecule has 18 heavy (non-hydrogen) atoms. The lowest BCUT2D eigenvalue weighted by atomic mass is 9.94. The third-order valence-electron chi connectivity index (χ3n) is 3.05. The van der Waals surface area contributed by atoms with E-state index in [2.05, 4.69) is 36.4 Å². The third-order valence-corrected chi connectivity index (χ3v) is 4.09. The molecule has 1 heterocycles. The van der Waals surface area contributed by atoms with E-state index < -0.39 is 0 Å². The molecule has 0 aromatic heterocycles. The number of fused-ring (bicyclic) bond motifs is 1. The van der Waals surface area contributed by atoms with Crippen molar-refractivity contribution in [2.75, 3.05) is 0 Å². The van der Waals surface area contributed by atoms with Crippen LogP contribution in [0.2, 0.25) is 0 Å². The van der Waals surface area contributed by atoms with Crippen LogP contribution in [0.4, 0.5) is 0 Å². The van der Waals surface area contributed by atoms with Gasteiger partial charge in [-0.1, -0.05) is 54.6 Å². The number of hydrogen-bond donors (Lipinski definition) is 0. The van der Waals surface area contributed by atoms with Crippen LogP contribution in [0.1, 0.15) is 16.7 Å². The lowest BCUT2D eigenvalue weighted by molar-refractivity contribution is 1.35. The molecule has 0 atom stereocenters. The molecule has 0 N–H and O–H groups in total. The van der Waals surface area contributed by atoms with Gasteiger partial charge in [0.1, 0.15) is 6.07 Å². The molecule has 0 radical (unpaired) electrons. The van der Waals surface area contributed by atoms with Gasteiger partial charge in [0.2, 0.25) is 0 Å². The van der Waals surface area contributed by atoms with Crippen LogP contribution in [0.15, 0.2) is 59.5 Å². The van der Waals surface area contributed by atoms with Crippen LogP contribution in [-0.2, 0) is 5.75 Å². The van der Waals surface area contributed by atoms with Crippen LogP contribution in [0.3, 0.4) is 0 Å². The van der Waals surface area contributed by atoms with Crippen molar-refractivity contribution in [2.45, 2.75) is 5.75 Å². The Hall–Kier alpha value is -1.98. The van der Waals surface area contributed by atoms with Gasteiger partial charge in [-0.05, 0) is 16.7 Å². The van der Waals surface area contributed by atoms with Gasteiger partial charge >= 0.3 is 0 Å². The Morgan fingerprint density at radius 1 is 0.944 bits per heavy atom. The number of nitriles is 1. The topological polar surface area (TPSA) is 23.8 Å². The molecule has 1 nitrogen and oxygen atoms in total. The van der Waals surface area contributed by atoms with E-state index in [9.17, 15) is 5.26 Å². The van der Waals surface area contributed by atoms with E-state index >= 15 is 0 Å². The summed E-state index contributed by atoms with van der Waals surface area (Å²) in [6.45, 7) is 0. The van der Waals surface area contributed by atoms with Crippen LogP contribution >= 0.6 is 11.8 Å². The highest BCUT2D eigenvalue weighted by atomic mass is 32.2. The number of rotatable bonds is 1. The number of hydrogen-bond acceptors (Lipinski definition) is 2. The third kappa shape index (κ3) is 1.83. The first-order valence-corrected chi connectivity index (χ1v) is 6.79. The van der Waals surface area contributed by atoms with E-state index in [1.165, 1.54) is 11.1 Å². The first-order valence-electron chi connectivity index (χ1n) is 5.81. The molecule has 0 aliphatic carbocycles. The van der Waals surface area contributed by atoms with Gasteiger partial charge < -0.3 is 0 Å². The predicted molar refractivity (Wildman–Crippen MR) is 75.8 cm³/mol. The number of benzene rings is 2. The summed E-state index contributed by atoms with van der Waals surface area (Å²) in [7, 11) is 0. The van der Waals surface area contributed by atoms with Crippen molar-refractivity contribution in [3.05, 3.63) is 76.2 Å². The number of nitrogens with zero attached hydrogens (tertiary/aromatic N) is 1. The molecule has 0 saturated carbocycles. The predicted octanol–water partition coefficient (Wildman–Crippen LogP) is 4.22. The van der Waals surface area contributed by atoms with E-state index in [1.54, 1.807) is 11.8 Å². The largest absolute Gasteiger partial charge is 0.192 e. The zero-order chi connectivity index (χ0) is 12.4. The molecule has 1 aliphatic rings. The van der Waals surface area contributed by atoms with Crippen molar-refractivity contribution in [2.24, 2.45) is 0 Å². The summed E-state index contributed by atoms with van der Waals surface area (Å²) < 4.78 is 0. The minimum absolute atomic E-state index is 0.819. The van der Waals surface area contributed by atoms with Gasteiger partial charge in [-0.15, -0.1) is 11.8 Å². The van der Waals surface area contributed by atoms with Gasteiger partial charge in [-0.25, -0.2) is 0 Å². The Morgan fingerprint density at radius 2 is 1.67 bits per heavy atom. The molecule has 1 aliphatic heterocycles. The molecule has 0 unspecified atom stereocenters. The maximum absolute atomic E-state index is 9.32. The second-order valence-electron chi connectivity index (χ2n) is 4.13. The molecule has 86 valence electrons. The van der Waals surface area contributed by atoms with Gasteiger partial charge in [0.25, 0.3) is 0 Å². The molecule has 0 bridgehead atoms. The highest BCUT2D eigenvalue weighted by Gasteiger charge is 2.20. The van der Waals surface area contributed by atoms with Crippen molar-refractivity contribution >= 4 is 17.3 Å². The first-order chi connectivity index (χ1) is 8.90. The van der Waals surface area contributed by atoms with Gasteiger partial charge in [-0.2, -0.15) is 5.26 Å². The van der Waals surface area contributed by atoms with Crippen LogP contribution in [0, 0.1) is 11.3 Å². The molecule has 0 saturated heterocycles. The maximum Gasteiger partial charge on any atom is 0.107 e. The van der Waals surface area contributed by atoms with Crippen molar-refractivity contribution in [3.8, 4) is 6.07 Å². The lowest BCUT2D eigenvalue weighted by Gasteiger charge is -2.19. The minimum atomic E-state index is 0.819. The van der Waals surface area contributed by atoms with Crippen LogP contribution < -0.4 is 0 Å². The fourth-order valence-electron chi connectivity index (χ4n) is 2.21. The van der Waals surface area contributed by atoms with Gasteiger partial charge in [0.05, 0.1) is 4.91 Å². The molecule has 0 amide bonds. The van der Waals surface area contributed by atoms with Gasteiger partial charge in [0, 0.05) is 11.3 Å². The average molecular weight is 249 g/mol. The molecule has 3 rings (SSSR count). The van der Waals surface area contributed by atoms with Crippen molar-refractivity contribution in [1.29, 1.82) is 5.26 Å². The van der Waals surface area contributed by atoms with E-state index in [1.807, 2.05) is 24.3 Å². The molecular formula is C16H11NS. The quantitative estimate of drug-likeness (QED) is 0.755. The average Bonchev–Trinajstić information content (AvgIpc) is 2.47. The summed E-state index contributed by atoms with van der Waals surface area (Å²) in [6.07, 6.45) is 0. The summed E-state index contributed by atoms with van der Waals surface area (Å²) in [6, 6.07) is 20.8. The SMILES string of the molecule is N#CC1=C(c2ccccc2)c2ccccc2CS1. The Bertz CT molecular complexity index is 650. The van der Waals surface area contributed by atoms with Gasteiger partial charge in [0.15, 0.2) is 0 Å². The van der Waals surface area contributed by atoms with Crippen LogP contribution in [0.25, 0.3) is 5.57 Å². The second kappa shape index (κ2) is 4.72. The molecule has 0 spiro atoms. The normalized spacial score (nSPS) is 13.9. The van der Waals surface area contributed by atoms with Gasteiger partial charge in [-0.3, -0.25) is 0 Å². The van der Waals surface area contributed by atoms with Crippen LogP contribution in [0.5, 0.6) is 0 Å². The molecule has 0 fully saturated rings. The zero-order valence-electron chi connectivity index (χ0n) is 9.76. The molecule has 2 aromatic rings. The first kappa shape index (κ1) is 11.1. The Kier molecular flexibility index (Phi) is 2.92. The monoisotopic (exact) mass is 249 g/mol. The summed E-state index contributed by atoms with van der Waals surface area (Å²) in [5, 5.41) is 9.32. The van der Waals surface area contributed by atoms with Crippen LogP contribution in [-0.4, -0.2) is 0 Å². The van der Waals surface area contributed by atoms with E-state index in [0.717, 1.165) is 21.8 Å². The summed E-state index contributed by atoms with van der Waals surface area (Å²) in [5.74, 6) is 0.884. The van der Waals surface area contributed by atoms with E-state index in [0.29, 0.717) is 0 Å².